The summed E-state index contributed by atoms with van der Waals surface area (Å²) < 4.78 is 13.1. The Morgan fingerprint density at radius 2 is 1.50 bits per heavy atom. The topological polar surface area (TPSA) is 35.5 Å². The summed E-state index contributed by atoms with van der Waals surface area (Å²) in [5.74, 6) is 1.58. The molecule has 1 unspecified atom stereocenters. The molecule has 2 bridgehead atoms. The smallest absolute Gasteiger partial charge is 0.307 e. The molecule has 0 spiro atoms. The summed E-state index contributed by atoms with van der Waals surface area (Å²) in [5, 5.41) is 0. The van der Waals surface area contributed by atoms with Gasteiger partial charge in [-0.1, -0.05) is 36.4 Å². The molecule has 2 aromatic carbocycles. The third-order valence-corrected chi connectivity index (χ3v) is 7.26. The fourth-order valence-corrected chi connectivity index (χ4v) is 5.56. The van der Waals surface area contributed by atoms with Crippen LogP contribution in [0.1, 0.15) is 49.1 Å². The third-order valence-electron chi connectivity index (χ3n) is 7.26. The van der Waals surface area contributed by atoms with Crippen LogP contribution in [0.25, 0.3) is 0 Å². The highest BCUT2D eigenvalue weighted by Crippen LogP contribution is 2.46. The monoisotopic (exact) mass is 378 g/mol. The van der Waals surface area contributed by atoms with E-state index < -0.39 is 0 Å². The Bertz CT molecular complexity index is 845. The number of fused-ring (bicyclic) bond motifs is 4. The standard InChI is InChI=1S/C24H28NO3/c1-25(2)16-11-12-17(25)14-18(13-16)27-24(26)15-21-19-7-3-5-9-22(19)28-23-10-6-4-8-20(21)23/h3-10,16-18,21H,11-15H2,1-2H3/q+1/t16-,17+,18?. The van der Waals surface area contributed by atoms with E-state index >= 15 is 0 Å². The Hall–Kier alpha value is -2.33. The highest BCUT2D eigenvalue weighted by atomic mass is 16.5. The summed E-state index contributed by atoms with van der Waals surface area (Å²) in [5.41, 5.74) is 2.14. The normalized spacial score (nSPS) is 27.4. The molecule has 5 rings (SSSR count). The van der Waals surface area contributed by atoms with E-state index in [1.54, 1.807) is 0 Å². The van der Waals surface area contributed by atoms with Crippen LogP contribution in [0.15, 0.2) is 48.5 Å². The molecular formula is C24H28NO3+. The van der Waals surface area contributed by atoms with Gasteiger partial charge in [-0.2, -0.15) is 0 Å². The van der Waals surface area contributed by atoms with Crippen LogP contribution in [-0.4, -0.2) is 42.7 Å². The zero-order valence-corrected chi connectivity index (χ0v) is 16.6. The molecule has 4 heteroatoms. The number of piperidine rings is 1. The van der Waals surface area contributed by atoms with E-state index in [2.05, 4.69) is 26.2 Å². The third kappa shape index (κ3) is 2.91. The molecule has 0 N–H and O–H groups in total. The minimum absolute atomic E-state index is 0.0128. The quantitative estimate of drug-likeness (QED) is 0.577. The maximum atomic E-state index is 12.9. The van der Waals surface area contributed by atoms with Crippen molar-refractivity contribution in [3.05, 3.63) is 59.7 Å². The Morgan fingerprint density at radius 3 is 2.07 bits per heavy atom. The SMILES string of the molecule is C[N+]1(C)[C@@H]2CC[C@H]1CC(OC(=O)CC1c3ccccc3Oc3ccccc31)C2. The molecule has 0 amide bonds. The molecule has 4 nitrogen and oxygen atoms in total. The molecule has 2 fully saturated rings. The zero-order chi connectivity index (χ0) is 19.3. The molecule has 146 valence electrons. The minimum Gasteiger partial charge on any atom is -0.462 e. The molecular weight excluding hydrogens is 350 g/mol. The predicted octanol–water partition coefficient (Wildman–Crippen LogP) is 4.63. The fourth-order valence-electron chi connectivity index (χ4n) is 5.56. The Kier molecular flexibility index (Phi) is 4.20. The molecule has 3 aliphatic heterocycles. The van der Waals surface area contributed by atoms with Crippen molar-refractivity contribution in [2.24, 2.45) is 0 Å². The van der Waals surface area contributed by atoms with Crippen molar-refractivity contribution in [1.29, 1.82) is 0 Å². The van der Waals surface area contributed by atoms with E-state index in [4.69, 9.17) is 9.47 Å². The molecule has 3 atom stereocenters. The number of carbonyl (C=O) groups is 1. The summed E-state index contributed by atoms with van der Waals surface area (Å²) in [6, 6.07) is 17.3. The van der Waals surface area contributed by atoms with Gasteiger partial charge in [-0.25, -0.2) is 0 Å². The van der Waals surface area contributed by atoms with E-state index in [-0.39, 0.29) is 18.0 Å². The molecule has 3 aliphatic rings. The lowest BCUT2D eigenvalue weighted by Crippen LogP contribution is -2.56. The minimum atomic E-state index is -0.0897. The molecule has 0 radical (unpaired) electrons. The van der Waals surface area contributed by atoms with E-state index in [9.17, 15) is 4.79 Å². The van der Waals surface area contributed by atoms with Crippen molar-refractivity contribution in [1.82, 2.24) is 0 Å². The van der Waals surface area contributed by atoms with Crippen molar-refractivity contribution < 1.29 is 18.8 Å². The number of carbonyl (C=O) groups excluding carboxylic acids is 1. The van der Waals surface area contributed by atoms with Crippen LogP contribution in [0, 0.1) is 0 Å². The maximum absolute atomic E-state index is 12.9. The van der Waals surface area contributed by atoms with Gasteiger partial charge in [0, 0.05) is 42.7 Å². The van der Waals surface area contributed by atoms with Gasteiger partial charge in [-0.05, 0) is 12.1 Å². The Balaban J connectivity index is 1.33. The number of ether oxygens (including phenoxy) is 2. The van der Waals surface area contributed by atoms with E-state index in [1.807, 2.05) is 36.4 Å². The number of hydrogen-bond donors (Lipinski definition) is 0. The first-order chi connectivity index (χ1) is 13.5. The molecule has 0 aliphatic carbocycles. The highest BCUT2D eigenvalue weighted by Gasteiger charge is 2.50. The average molecular weight is 378 g/mol. The lowest BCUT2D eigenvalue weighted by molar-refractivity contribution is -0.931. The summed E-state index contributed by atoms with van der Waals surface area (Å²) in [4.78, 5) is 12.9. The zero-order valence-electron chi connectivity index (χ0n) is 16.6. The van der Waals surface area contributed by atoms with Crippen molar-refractivity contribution >= 4 is 5.97 Å². The highest BCUT2D eigenvalue weighted by molar-refractivity contribution is 5.73. The number of esters is 1. The number of hydrogen-bond acceptors (Lipinski definition) is 3. The van der Waals surface area contributed by atoms with Crippen LogP contribution >= 0.6 is 0 Å². The lowest BCUT2D eigenvalue weighted by Gasteiger charge is -2.43. The first-order valence-corrected chi connectivity index (χ1v) is 10.4. The number of para-hydroxylation sites is 2. The average Bonchev–Trinajstić information content (AvgIpc) is 2.85. The molecule has 3 heterocycles. The summed E-state index contributed by atoms with van der Waals surface area (Å²) in [7, 11) is 4.66. The first-order valence-electron chi connectivity index (χ1n) is 10.4. The van der Waals surface area contributed by atoms with Crippen LogP contribution in [-0.2, 0) is 9.53 Å². The van der Waals surface area contributed by atoms with E-state index in [0.717, 1.165) is 40.0 Å². The van der Waals surface area contributed by atoms with Gasteiger partial charge in [0.2, 0.25) is 0 Å². The number of nitrogens with zero attached hydrogens (tertiary/aromatic N) is 1. The van der Waals surface area contributed by atoms with Crippen LogP contribution in [0.5, 0.6) is 11.5 Å². The molecule has 0 aromatic heterocycles. The van der Waals surface area contributed by atoms with Crippen molar-refractivity contribution in [3.63, 3.8) is 0 Å². The van der Waals surface area contributed by atoms with Crippen molar-refractivity contribution in [2.45, 2.75) is 56.2 Å². The second-order valence-corrected chi connectivity index (χ2v) is 9.03. The van der Waals surface area contributed by atoms with Gasteiger partial charge in [-0.3, -0.25) is 4.79 Å². The second-order valence-electron chi connectivity index (χ2n) is 9.03. The number of rotatable bonds is 3. The van der Waals surface area contributed by atoms with E-state index in [1.165, 1.54) is 12.8 Å². The largest absolute Gasteiger partial charge is 0.462 e. The fraction of sp³-hybridized carbons (Fsp3) is 0.458. The molecule has 2 aromatic rings. The number of quaternary nitrogens is 1. The van der Waals surface area contributed by atoms with Gasteiger partial charge in [0.1, 0.15) is 17.6 Å². The van der Waals surface area contributed by atoms with Crippen LogP contribution in [0.2, 0.25) is 0 Å². The lowest BCUT2D eigenvalue weighted by atomic mass is 9.85. The van der Waals surface area contributed by atoms with Gasteiger partial charge in [0.25, 0.3) is 0 Å². The Morgan fingerprint density at radius 1 is 0.964 bits per heavy atom. The molecule has 0 saturated carbocycles. The van der Waals surface area contributed by atoms with E-state index in [0.29, 0.717) is 18.5 Å². The van der Waals surface area contributed by atoms with Crippen molar-refractivity contribution in [3.8, 4) is 11.5 Å². The molecule has 28 heavy (non-hydrogen) atoms. The molecule has 2 saturated heterocycles. The van der Waals surface area contributed by atoms with Gasteiger partial charge in [0.15, 0.2) is 0 Å². The van der Waals surface area contributed by atoms with Crippen LogP contribution < -0.4 is 4.74 Å². The predicted molar refractivity (Wildman–Crippen MR) is 107 cm³/mol. The second kappa shape index (κ2) is 6.63. The first kappa shape index (κ1) is 17.7. The summed E-state index contributed by atoms with van der Waals surface area (Å²) >= 11 is 0. The summed E-state index contributed by atoms with van der Waals surface area (Å²) in [6.45, 7) is 0. The van der Waals surface area contributed by atoms with Gasteiger partial charge >= 0.3 is 5.97 Å². The van der Waals surface area contributed by atoms with Gasteiger partial charge in [0.05, 0.1) is 32.6 Å². The van der Waals surface area contributed by atoms with Gasteiger partial charge < -0.3 is 14.0 Å². The van der Waals surface area contributed by atoms with Crippen molar-refractivity contribution in [2.75, 3.05) is 14.1 Å². The van der Waals surface area contributed by atoms with Crippen LogP contribution in [0.3, 0.4) is 0 Å². The summed E-state index contributed by atoms with van der Waals surface area (Å²) in [6.07, 6.45) is 4.94. The van der Waals surface area contributed by atoms with Crippen LogP contribution in [0.4, 0.5) is 0 Å². The number of benzene rings is 2. The van der Waals surface area contributed by atoms with Gasteiger partial charge in [-0.15, -0.1) is 0 Å². The Labute approximate surface area is 166 Å². The maximum Gasteiger partial charge on any atom is 0.307 e.